The minimum Gasteiger partial charge on any atom is -0.486 e. The molecule has 0 unspecified atom stereocenters. The number of aromatic nitrogens is 1. The molecule has 0 spiro atoms. The molecule has 20 heavy (non-hydrogen) atoms. The van der Waals surface area contributed by atoms with Gasteiger partial charge in [0.2, 0.25) is 0 Å². The van der Waals surface area contributed by atoms with Gasteiger partial charge in [0.1, 0.15) is 13.2 Å². The van der Waals surface area contributed by atoms with Crippen LogP contribution in [0, 0.1) is 6.92 Å². The number of benzene rings is 1. The van der Waals surface area contributed by atoms with E-state index in [0.717, 1.165) is 34.5 Å². The lowest BCUT2D eigenvalue weighted by molar-refractivity contribution is -0.137. The largest absolute Gasteiger partial charge is 0.486 e. The zero-order valence-corrected chi connectivity index (χ0v) is 11.4. The Balaban J connectivity index is 1.95. The maximum Gasteiger partial charge on any atom is 0.303 e. The summed E-state index contributed by atoms with van der Waals surface area (Å²) >= 11 is 0. The summed E-state index contributed by atoms with van der Waals surface area (Å²) in [7, 11) is 0. The van der Waals surface area contributed by atoms with Crippen LogP contribution in [0.4, 0.5) is 0 Å². The average Bonchev–Trinajstić information content (AvgIpc) is 2.71. The second-order valence-corrected chi connectivity index (χ2v) is 5.02. The van der Waals surface area contributed by atoms with Crippen LogP contribution in [0.3, 0.4) is 0 Å². The van der Waals surface area contributed by atoms with Crippen molar-refractivity contribution in [1.82, 2.24) is 4.98 Å². The zero-order chi connectivity index (χ0) is 14.1. The van der Waals surface area contributed by atoms with E-state index in [-0.39, 0.29) is 6.42 Å². The molecule has 1 aliphatic heterocycles. The lowest BCUT2D eigenvalue weighted by atomic mass is 10.0. The highest BCUT2D eigenvalue weighted by molar-refractivity contribution is 5.88. The van der Waals surface area contributed by atoms with E-state index in [2.05, 4.69) is 4.98 Å². The molecule has 3 rings (SSSR count). The van der Waals surface area contributed by atoms with Crippen molar-refractivity contribution < 1.29 is 19.4 Å². The van der Waals surface area contributed by atoms with Gasteiger partial charge in [-0.15, -0.1) is 0 Å². The molecule has 1 aliphatic rings. The van der Waals surface area contributed by atoms with Gasteiger partial charge in [-0.3, -0.25) is 4.79 Å². The number of fused-ring (bicyclic) bond motifs is 2. The van der Waals surface area contributed by atoms with Gasteiger partial charge in [0.25, 0.3) is 0 Å². The third kappa shape index (κ3) is 2.31. The molecule has 5 nitrogen and oxygen atoms in total. The molecule has 0 fully saturated rings. The van der Waals surface area contributed by atoms with E-state index < -0.39 is 5.97 Å². The van der Waals surface area contributed by atoms with Crippen LogP contribution in [0.2, 0.25) is 0 Å². The summed E-state index contributed by atoms with van der Waals surface area (Å²) in [5, 5.41) is 9.83. The first-order valence-electron chi connectivity index (χ1n) is 6.78. The third-order valence-electron chi connectivity index (χ3n) is 3.60. The Hall–Kier alpha value is -2.17. The number of nitrogens with one attached hydrogen (secondary N) is 1. The van der Waals surface area contributed by atoms with Gasteiger partial charge in [-0.1, -0.05) is 0 Å². The number of ether oxygens (including phenoxy) is 2. The van der Waals surface area contributed by atoms with Gasteiger partial charge in [-0.05, 0) is 31.4 Å². The molecule has 5 heteroatoms. The molecule has 0 saturated carbocycles. The number of carbonyl (C=O) groups is 1. The van der Waals surface area contributed by atoms with E-state index in [1.165, 1.54) is 5.56 Å². The van der Waals surface area contributed by atoms with Gasteiger partial charge in [-0.25, -0.2) is 0 Å². The highest BCUT2D eigenvalue weighted by Crippen LogP contribution is 2.36. The van der Waals surface area contributed by atoms with E-state index in [4.69, 9.17) is 14.6 Å². The Bertz CT molecular complexity index is 659. The topological polar surface area (TPSA) is 71.6 Å². The molecular weight excluding hydrogens is 258 g/mol. The monoisotopic (exact) mass is 275 g/mol. The smallest absolute Gasteiger partial charge is 0.303 e. The van der Waals surface area contributed by atoms with Crippen LogP contribution in [0.15, 0.2) is 12.1 Å². The number of carboxylic acid groups (broad SMARTS) is 1. The van der Waals surface area contributed by atoms with Crippen LogP contribution >= 0.6 is 0 Å². The Morgan fingerprint density at radius 1 is 1.30 bits per heavy atom. The molecule has 2 heterocycles. The average molecular weight is 275 g/mol. The quantitative estimate of drug-likeness (QED) is 0.899. The second-order valence-electron chi connectivity index (χ2n) is 5.02. The fourth-order valence-corrected chi connectivity index (χ4v) is 2.66. The summed E-state index contributed by atoms with van der Waals surface area (Å²) in [6.07, 6.45) is 1.58. The van der Waals surface area contributed by atoms with Crippen molar-refractivity contribution in [2.24, 2.45) is 0 Å². The SMILES string of the molecule is Cc1[nH]c2cc3c(cc2c1CCCC(=O)O)OCCO3. The molecule has 2 aromatic rings. The first kappa shape index (κ1) is 12.8. The summed E-state index contributed by atoms with van der Waals surface area (Å²) in [6, 6.07) is 3.95. The van der Waals surface area contributed by atoms with Gasteiger partial charge in [0.15, 0.2) is 11.5 Å². The van der Waals surface area contributed by atoms with Crippen LogP contribution in [0.1, 0.15) is 24.1 Å². The first-order valence-corrected chi connectivity index (χ1v) is 6.78. The summed E-state index contributed by atoms with van der Waals surface area (Å²) in [5.74, 6) is 0.779. The molecule has 0 amide bonds. The minimum atomic E-state index is -0.753. The molecule has 0 aliphatic carbocycles. The number of aryl methyl sites for hydroxylation is 2. The summed E-state index contributed by atoms with van der Waals surface area (Å²) in [4.78, 5) is 14.0. The number of H-pyrrole nitrogens is 1. The van der Waals surface area contributed by atoms with Crippen molar-refractivity contribution in [3.63, 3.8) is 0 Å². The predicted octanol–water partition coefficient (Wildman–Crippen LogP) is 2.65. The summed E-state index contributed by atoms with van der Waals surface area (Å²) < 4.78 is 11.2. The molecule has 0 atom stereocenters. The molecule has 1 aromatic heterocycles. The van der Waals surface area contributed by atoms with Crippen molar-refractivity contribution in [3.05, 3.63) is 23.4 Å². The van der Waals surface area contributed by atoms with Crippen molar-refractivity contribution >= 4 is 16.9 Å². The molecular formula is C15H17NO4. The lowest BCUT2D eigenvalue weighted by Crippen LogP contribution is -2.15. The zero-order valence-electron chi connectivity index (χ0n) is 11.4. The number of aliphatic carboxylic acids is 1. The molecule has 106 valence electrons. The normalized spacial score (nSPS) is 13.7. The highest BCUT2D eigenvalue weighted by atomic mass is 16.6. The van der Waals surface area contributed by atoms with Crippen LogP contribution < -0.4 is 9.47 Å². The maximum atomic E-state index is 10.6. The fourth-order valence-electron chi connectivity index (χ4n) is 2.66. The molecule has 0 bridgehead atoms. The Labute approximate surface area is 116 Å². The van der Waals surface area contributed by atoms with Crippen molar-refractivity contribution in [1.29, 1.82) is 0 Å². The Morgan fingerprint density at radius 2 is 2.00 bits per heavy atom. The lowest BCUT2D eigenvalue weighted by Gasteiger charge is -2.18. The van der Waals surface area contributed by atoms with E-state index in [9.17, 15) is 4.79 Å². The molecule has 0 saturated heterocycles. The molecule has 0 radical (unpaired) electrons. The first-order chi connectivity index (χ1) is 9.65. The standard InChI is InChI=1S/C15H17NO4/c1-9-10(3-2-4-15(17)18)11-7-13-14(8-12(11)16-9)20-6-5-19-13/h7-8,16H,2-6H2,1H3,(H,17,18). The van der Waals surface area contributed by atoms with Gasteiger partial charge in [0.05, 0.1) is 0 Å². The van der Waals surface area contributed by atoms with Gasteiger partial charge < -0.3 is 19.6 Å². The summed E-state index contributed by atoms with van der Waals surface area (Å²) in [6.45, 7) is 3.15. The second kappa shape index (κ2) is 5.07. The number of aromatic amines is 1. The van der Waals surface area contributed by atoms with E-state index in [1.54, 1.807) is 0 Å². The van der Waals surface area contributed by atoms with Gasteiger partial charge >= 0.3 is 5.97 Å². The molecule has 2 N–H and O–H groups in total. The van der Waals surface area contributed by atoms with E-state index in [0.29, 0.717) is 19.6 Å². The van der Waals surface area contributed by atoms with Crippen LogP contribution in [0.5, 0.6) is 11.5 Å². The third-order valence-corrected chi connectivity index (χ3v) is 3.60. The summed E-state index contributed by atoms with van der Waals surface area (Å²) in [5.41, 5.74) is 3.25. The van der Waals surface area contributed by atoms with Crippen molar-refractivity contribution in [3.8, 4) is 11.5 Å². The highest BCUT2D eigenvalue weighted by Gasteiger charge is 2.16. The Morgan fingerprint density at radius 3 is 2.70 bits per heavy atom. The van der Waals surface area contributed by atoms with E-state index >= 15 is 0 Å². The van der Waals surface area contributed by atoms with Crippen LogP contribution in [-0.2, 0) is 11.2 Å². The Kier molecular flexibility index (Phi) is 3.26. The number of rotatable bonds is 4. The van der Waals surface area contributed by atoms with Crippen molar-refractivity contribution in [2.75, 3.05) is 13.2 Å². The molecule has 1 aromatic carbocycles. The van der Waals surface area contributed by atoms with Gasteiger partial charge in [0, 0.05) is 29.1 Å². The maximum absolute atomic E-state index is 10.6. The number of hydrogen-bond donors (Lipinski definition) is 2. The minimum absolute atomic E-state index is 0.191. The van der Waals surface area contributed by atoms with Crippen LogP contribution in [0.25, 0.3) is 10.9 Å². The number of hydrogen-bond acceptors (Lipinski definition) is 3. The predicted molar refractivity (Wildman–Crippen MR) is 74.6 cm³/mol. The van der Waals surface area contributed by atoms with Crippen LogP contribution in [-0.4, -0.2) is 29.3 Å². The van der Waals surface area contributed by atoms with Crippen molar-refractivity contribution in [2.45, 2.75) is 26.2 Å². The number of carboxylic acids is 1. The van der Waals surface area contributed by atoms with Gasteiger partial charge in [-0.2, -0.15) is 0 Å². The fraction of sp³-hybridized carbons (Fsp3) is 0.400. The van der Waals surface area contributed by atoms with E-state index in [1.807, 2.05) is 19.1 Å².